The van der Waals surface area contributed by atoms with Crippen molar-refractivity contribution < 1.29 is 9.59 Å². The van der Waals surface area contributed by atoms with E-state index in [1.165, 1.54) is 4.80 Å². The summed E-state index contributed by atoms with van der Waals surface area (Å²) in [5, 5.41) is 17.6. The Morgan fingerprint density at radius 3 is 2.55 bits per heavy atom. The molecule has 5 heterocycles. The van der Waals surface area contributed by atoms with Crippen LogP contribution in [-0.4, -0.2) is 69.2 Å². The number of tetrazole rings is 1. The highest BCUT2D eigenvalue weighted by atomic mass is 35.5. The van der Waals surface area contributed by atoms with Gasteiger partial charge in [-0.25, -0.2) is 4.98 Å². The Morgan fingerprint density at radius 2 is 1.88 bits per heavy atom. The molecule has 0 radical (unpaired) electrons. The van der Waals surface area contributed by atoms with E-state index >= 15 is 0 Å². The maximum atomic E-state index is 14.0. The quantitative estimate of drug-likeness (QED) is 0.355. The number of pyridine rings is 1. The second kappa shape index (κ2) is 9.97. The molecule has 4 aromatic rings. The Kier molecular flexibility index (Phi) is 6.58. The smallest absolute Gasteiger partial charge is 0.273 e. The molecule has 2 aliphatic rings. The fourth-order valence-electron chi connectivity index (χ4n) is 5.41. The summed E-state index contributed by atoms with van der Waals surface area (Å²) in [5.74, 6) is 0.816. The molecule has 0 spiro atoms. The van der Waals surface area contributed by atoms with E-state index in [0.29, 0.717) is 45.9 Å². The lowest BCUT2D eigenvalue weighted by Gasteiger charge is -2.37. The summed E-state index contributed by atoms with van der Waals surface area (Å²) in [7, 11) is 0. The molecule has 3 aromatic heterocycles. The lowest BCUT2D eigenvalue weighted by atomic mass is 9.96. The molecule has 11 nitrogen and oxygen atoms in total. The van der Waals surface area contributed by atoms with Crippen LogP contribution in [-0.2, 0) is 13.0 Å². The summed E-state index contributed by atoms with van der Waals surface area (Å²) < 4.78 is 1.83. The summed E-state index contributed by atoms with van der Waals surface area (Å²) in [6.07, 6.45) is 2.29. The minimum absolute atomic E-state index is 0.0372. The number of carbonyl (C=O) groups excluding carboxylic acids is 2. The molecule has 1 aromatic carbocycles. The summed E-state index contributed by atoms with van der Waals surface area (Å²) >= 11 is 12.2. The van der Waals surface area contributed by atoms with E-state index in [1.807, 2.05) is 35.6 Å². The third-order valence-corrected chi connectivity index (χ3v) is 8.39. The van der Waals surface area contributed by atoms with E-state index in [9.17, 15) is 9.59 Å². The molecule has 0 aliphatic carbocycles. The maximum absolute atomic E-state index is 14.0. The van der Waals surface area contributed by atoms with E-state index in [0.717, 1.165) is 16.8 Å². The average Bonchev–Trinajstić information content (AvgIpc) is 3.55. The third-order valence-electron chi connectivity index (χ3n) is 7.65. The zero-order valence-electron chi connectivity index (χ0n) is 22.4. The second-order valence-corrected chi connectivity index (χ2v) is 11.2. The lowest BCUT2D eigenvalue weighted by Crippen LogP contribution is -2.45. The summed E-state index contributed by atoms with van der Waals surface area (Å²) in [4.78, 5) is 36.9. The normalized spacial score (nSPS) is 19.4. The van der Waals surface area contributed by atoms with Crippen LogP contribution in [0.4, 0.5) is 0 Å². The van der Waals surface area contributed by atoms with Crippen molar-refractivity contribution in [2.24, 2.45) is 0 Å². The Morgan fingerprint density at radius 1 is 1.07 bits per heavy atom. The van der Waals surface area contributed by atoms with Crippen LogP contribution >= 0.6 is 23.2 Å². The second-order valence-electron chi connectivity index (χ2n) is 10.4. The molecule has 2 amide bonds. The number of fused-ring (bicyclic) bond motifs is 3. The van der Waals surface area contributed by atoms with Gasteiger partial charge in [-0.2, -0.15) is 5.10 Å². The molecular formula is C27H27Cl2N9O2. The van der Waals surface area contributed by atoms with Crippen LogP contribution in [0.5, 0.6) is 0 Å². The highest BCUT2D eigenvalue weighted by Crippen LogP contribution is 2.35. The number of carbonyl (C=O) groups is 2. The Balaban J connectivity index is 1.28. The Bertz CT molecular complexity index is 1630. The number of nitrogens with zero attached hydrogens (tertiary/aromatic N) is 9. The maximum Gasteiger partial charge on any atom is 0.273 e. The molecule has 0 saturated carbocycles. The molecule has 6 rings (SSSR count). The van der Waals surface area contributed by atoms with Crippen molar-refractivity contribution in [2.45, 2.75) is 58.8 Å². The molecule has 0 bridgehead atoms. The van der Waals surface area contributed by atoms with Crippen molar-refractivity contribution in [1.82, 2.24) is 44.8 Å². The van der Waals surface area contributed by atoms with Gasteiger partial charge in [0, 0.05) is 36.3 Å². The molecule has 40 heavy (non-hydrogen) atoms. The number of aryl methyl sites for hydroxylation is 1. The van der Waals surface area contributed by atoms with Crippen LogP contribution in [0.1, 0.15) is 76.3 Å². The molecule has 0 saturated heterocycles. The molecule has 206 valence electrons. The van der Waals surface area contributed by atoms with Gasteiger partial charge in [-0.1, -0.05) is 29.3 Å². The van der Waals surface area contributed by atoms with E-state index in [2.05, 4.69) is 27.3 Å². The number of amides is 2. The van der Waals surface area contributed by atoms with Gasteiger partial charge >= 0.3 is 0 Å². The highest BCUT2D eigenvalue weighted by molar-refractivity contribution is 6.42. The Labute approximate surface area is 240 Å². The minimum Gasteiger partial charge on any atom is -0.331 e. The molecular weight excluding hydrogens is 553 g/mol. The van der Waals surface area contributed by atoms with Crippen molar-refractivity contribution in [3.63, 3.8) is 0 Å². The number of hydrogen-bond donors (Lipinski definition) is 0. The highest BCUT2D eigenvalue weighted by Gasteiger charge is 2.40. The zero-order chi connectivity index (χ0) is 28.3. The molecule has 13 heteroatoms. The van der Waals surface area contributed by atoms with Gasteiger partial charge in [0.25, 0.3) is 11.8 Å². The van der Waals surface area contributed by atoms with Gasteiger partial charge in [0.1, 0.15) is 5.69 Å². The molecule has 2 aliphatic heterocycles. The summed E-state index contributed by atoms with van der Waals surface area (Å²) in [6, 6.07) is 8.23. The molecule has 0 N–H and O–H groups in total. The van der Waals surface area contributed by atoms with Gasteiger partial charge < -0.3 is 9.80 Å². The van der Waals surface area contributed by atoms with E-state index in [-0.39, 0.29) is 36.5 Å². The number of halogens is 2. The number of rotatable bonds is 4. The van der Waals surface area contributed by atoms with Crippen LogP contribution in [0.15, 0.2) is 36.5 Å². The van der Waals surface area contributed by atoms with E-state index in [1.54, 1.807) is 36.2 Å². The summed E-state index contributed by atoms with van der Waals surface area (Å²) in [5.41, 5.74) is 3.52. The predicted molar refractivity (Wildman–Crippen MR) is 148 cm³/mol. The van der Waals surface area contributed by atoms with Gasteiger partial charge in [-0.15, -0.1) is 15.0 Å². The van der Waals surface area contributed by atoms with Crippen LogP contribution < -0.4 is 0 Å². The van der Waals surface area contributed by atoms with Crippen LogP contribution in [0.3, 0.4) is 0 Å². The largest absolute Gasteiger partial charge is 0.331 e. The van der Waals surface area contributed by atoms with Crippen molar-refractivity contribution in [3.8, 4) is 5.82 Å². The predicted octanol–water partition coefficient (Wildman–Crippen LogP) is 4.23. The van der Waals surface area contributed by atoms with Crippen LogP contribution in [0.25, 0.3) is 5.82 Å². The first-order chi connectivity index (χ1) is 19.1. The fourth-order valence-corrected chi connectivity index (χ4v) is 5.71. The zero-order valence-corrected chi connectivity index (χ0v) is 23.9. The molecule has 0 unspecified atom stereocenters. The SMILES string of the molecule is Cc1nnn(-c2ccc([C@@H](C)N3C[C@@H](C)n4nc5c(c4C3=O)CN(C(=O)c3ccc(Cl)c(Cl)c3)[C@H](C)C5)cn2)n1. The standard InChI is InChI=1S/C27H27Cl2N9O2/c1-14-9-23-20(13-35(14)26(39)18-5-7-21(28)22(29)10-18)25-27(40)36(12-15(2)37(25)33-23)16(3)19-6-8-24(30-11-19)38-32-17(4)31-34-38/h5-8,10-11,14-16H,9,12-13H2,1-4H3/t14-,15-,16-/m1/s1. The average molecular weight is 580 g/mol. The van der Waals surface area contributed by atoms with Gasteiger partial charge in [0.2, 0.25) is 0 Å². The van der Waals surface area contributed by atoms with Crippen molar-refractivity contribution in [1.29, 1.82) is 0 Å². The van der Waals surface area contributed by atoms with E-state index in [4.69, 9.17) is 28.3 Å². The van der Waals surface area contributed by atoms with Gasteiger partial charge in [0.15, 0.2) is 11.6 Å². The Hall–Kier alpha value is -3.83. The monoisotopic (exact) mass is 579 g/mol. The minimum atomic E-state index is -0.238. The van der Waals surface area contributed by atoms with Crippen molar-refractivity contribution >= 4 is 35.0 Å². The number of hydrogen-bond acceptors (Lipinski definition) is 7. The number of benzene rings is 1. The van der Waals surface area contributed by atoms with Crippen molar-refractivity contribution in [2.75, 3.05) is 6.54 Å². The van der Waals surface area contributed by atoms with Gasteiger partial charge in [-0.05, 0) is 62.7 Å². The van der Waals surface area contributed by atoms with Crippen molar-refractivity contribution in [3.05, 3.63) is 80.5 Å². The fraction of sp³-hybridized carbons (Fsp3) is 0.370. The lowest BCUT2D eigenvalue weighted by molar-refractivity contribution is 0.0574. The molecule has 3 atom stereocenters. The third kappa shape index (κ3) is 4.43. The van der Waals surface area contributed by atoms with Gasteiger partial charge in [0.05, 0.1) is 34.4 Å². The van der Waals surface area contributed by atoms with E-state index < -0.39 is 0 Å². The first kappa shape index (κ1) is 26.4. The first-order valence-electron chi connectivity index (χ1n) is 13.0. The van der Waals surface area contributed by atoms with Crippen LogP contribution in [0.2, 0.25) is 10.0 Å². The first-order valence-corrected chi connectivity index (χ1v) is 13.8. The van der Waals surface area contributed by atoms with Crippen LogP contribution in [0, 0.1) is 6.92 Å². The topological polar surface area (TPSA) is 115 Å². The van der Waals surface area contributed by atoms with Gasteiger partial charge in [-0.3, -0.25) is 14.3 Å². The summed E-state index contributed by atoms with van der Waals surface area (Å²) in [6.45, 7) is 8.57. The number of aromatic nitrogens is 7. The molecule has 0 fully saturated rings.